The molecule has 0 saturated heterocycles. The third kappa shape index (κ3) is 2.45. The first-order valence-corrected chi connectivity index (χ1v) is 6.59. The van der Waals surface area contributed by atoms with Crippen LogP contribution >= 0.6 is 11.3 Å². The lowest BCUT2D eigenvalue weighted by atomic mass is 10.1. The number of nitrogens with zero attached hydrogens (tertiary/aromatic N) is 4. The Hall–Kier alpha value is -2.28. The fourth-order valence-corrected chi connectivity index (χ4v) is 2.66. The number of nitrogen functional groups attached to an aromatic ring is 1. The predicted octanol–water partition coefficient (Wildman–Crippen LogP) is 0.913. The quantitative estimate of drug-likeness (QED) is 0.717. The summed E-state index contributed by atoms with van der Waals surface area (Å²) in [5, 5.41) is 12.6. The highest BCUT2D eigenvalue weighted by atomic mass is 32.1. The third-order valence-electron chi connectivity index (χ3n) is 2.70. The fourth-order valence-electron chi connectivity index (χ4n) is 1.81. The summed E-state index contributed by atoms with van der Waals surface area (Å²) in [6.45, 7) is 0. The van der Waals surface area contributed by atoms with Gasteiger partial charge in [0.2, 0.25) is 4.96 Å². The van der Waals surface area contributed by atoms with Crippen LogP contribution in [-0.2, 0) is 12.8 Å². The van der Waals surface area contributed by atoms with Gasteiger partial charge in [-0.05, 0) is 24.1 Å². The lowest BCUT2D eigenvalue weighted by molar-refractivity contribution is 0.811. The minimum Gasteiger partial charge on any atom is -0.399 e. The number of hydrogen-bond donors (Lipinski definition) is 1. The van der Waals surface area contributed by atoms with Gasteiger partial charge in [-0.2, -0.15) is 14.7 Å². The van der Waals surface area contributed by atoms with E-state index in [9.17, 15) is 4.79 Å². The standard InChI is InChI=1S/C12H11N5OS/c13-9-3-1-2-8(6-9)4-5-10-16-17-11(18)7-14-15-12(17)19-10/h1-3,6-7H,4-5,13H2. The summed E-state index contributed by atoms with van der Waals surface area (Å²) >= 11 is 1.38. The van der Waals surface area contributed by atoms with E-state index in [0.29, 0.717) is 4.96 Å². The van der Waals surface area contributed by atoms with Crippen LogP contribution in [0.25, 0.3) is 4.96 Å². The second-order valence-electron chi connectivity index (χ2n) is 4.12. The monoisotopic (exact) mass is 273 g/mol. The second kappa shape index (κ2) is 4.77. The highest BCUT2D eigenvalue weighted by Gasteiger charge is 2.07. The molecule has 0 fully saturated rings. The van der Waals surface area contributed by atoms with Crippen molar-refractivity contribution < 1.29 is 0 Å². The van der Waals surface area contributed by atoms with E-state index in [0.717, 1.165) is 35.3 Å². The van der Waals surface area contributed by atoms with E-state index in [2.05, 4.69) is 15.3 Å². The van der Waals surface area contributed by atoms with Crippen molar-refractivity contribution in [2.24, 2.45) is 0 Å². The van der Waals surface area contributed by atoms with Gasteiger partial charge in [-0.1, -0.05) is 23.5 Å². The zero-order valence-corrected chi connectivity index (χ0v) is 10.8. The van der Waals surface area contributed by atoms with Gasteiger partial charge in [-0.15, -0.1) is 5.10 Å². The minimum absolute atomic E-state index is 0.253. The van der Waals surface area contributed by atoms with E-state index in [1.54, 1.807) is 0 Å². The topological polar surface area (TPSA) is 86.2 Å². The highest BCUT2D eigenvalue weighted by Crippen LogP contribution is 2.14. The molecule has 6 nitrogen and oxygen atoms in total. The summed E-state index contributed by atoms with van der Waals surface area (Å²) in [4.78, 5) is 12.0. The molecular formula is C12H11N5OS. The number of nitrogens with two attached hydrogens (primary N) is 1. The zero-order chi connectivity index (χ0) is 13.2. The number of hydrogen-bond acceptors (Lipinski definition) is 6. The smallest absolute Gasteiger partial charge is 0.293 e. The molecule has 96 valence electrons. The van der Waals surface area contributed by atoms with Gasteiger partial charge < -0.3 is 5.73 Å². The van der Waals surface area contributed by atoms with Crippen molar-refractivity contribution in [2.45, 2.75) is 12.8 Å². The average Bonchev–Trinajstić information content (AvgIpc) is 2.81. The van der Waals surface area contributed by atoms with Gasteiger partial charge in [0.05, 0.1) is 0 Å². The molecule has 0 saturated carbocycles. The molecule has 1 aromatic carbocycles. The molecular weight excluding hydrogens is 262 g/mol. The Bertz CT molecular complexity index is 779. The molecule has 2 aromatic heterocycles. The average molecular weight is 273 g/mol. The van der Waals surface area contributed by atoms with Crippen molar-refractivity contribution in [2.75, 3.05) is 5.73 Å². The van der Waals surface area contributed by atoms with E-state index < -0.39 is 0 Å². The fraction of sp³-hybridized carbons (Fsp3) is 0.167. The van der Waals surface area contributed by atoms with E-state index in [-0.39, 0.29) is 5.56 Å². The van der Waals surface area contributed by atoms with Crippen LogP contribution in [0, 0.1) is 0 Å². The van der Waals surface area contributed by atoms with Crippen LogP contribution in [0.1, 0.15) is 10.6 Å². The lowest BCUT2D eigenvalue weighted by Crippen LogP contribution is -2.14. The number of anilines is 1. The van der Waals surface area contributed by atoms with Crippen molar-refractivity contribution >= 4 is 22.0 Å². The van der Waals surface area contributed by atoms with Gasteiger partial charge in [-0.3, -0.25) is 4.79 Å². The largest absolute Gasteiger partial charge is 0.399 e. The molecule has 3 aromatic rings. The highest BCUT2D eigenvalue weighted by molar-refractivity contribution is 7.16. The Balaban J connectivity index is 1.82. The Morgan fingerprint density at radius 2 is 2.21 bits per heavy atom. The summed E-state index contributed by atoms with van der Waals surface area (Å²) in [5.74, 6) is 0. The molecule has 3 rings (SSSR count). The molecule has 0 amide bonds. The molecule has 0 spiro atoms. The molecule has 7 heteroatoms. The van der Waals surface area contributed by atoms with Crippen LogP contribution in [-0.4, -0.2) is 19.8 Å². The maximum Gasteiger partial charge on any atom is 0.293 e. The normalized spacial score (nSPS) is 10.9. The second-order valence-corrected chi connectivity index (χ2v) is 5.16. The van der Waals surface area contributed by atoms with Crippen molar-refractivity contribution in [3.63, 3.8) is 0 Å². The van der Waals surface area contributed by atoms with Crippen LogP contribution in [0.2, 0.25) is 0 Å². The van der Waals surface area contributed by atoms with Crippen LogP contribution in [0.4, 0.5) is 5.69 Å². The summed E-state index contributed by atoms with van der Waals surface area (Å²) in [6.07, 6.45) is 2.73. The van der Waals surface area contributed by atoms with Gasteiger partial charge in [0, 0.05) is 12.1 Å². The molecule has 0 atom stereocenters. The molecule has 19 heavy (non-hydrogen) atoms. The molecule has 0 aliphatic heterocycles. The van der Waals surface area contributed by atoms with Gasteiger partial charge in [0.1, 0.15) is 11.2 Å². The van der Waals surface area contributed by atoms with Crippen molar-refractivity contribution in [1.82, 2.24) is 19.8 Å². The Kier molecular flexibility index (Phi) is 2.96. The number of aromatic nitrogens is 4. The van der Waals surface area contributed by atoms with Crippen LogP contribution in [0.5, 0.6) is 0 Å². The van der Waals surface area contributed by atoms with E-state index >= 15 is 0 Å². The first kappa shape index (κ1) is 11.8. The van der Waals surface area contributed by atoms with Crippen LogP contribution in [0.15, 0.2) is 35.3 Å². The molecule has 0 aliphatic carbocycles. The number of fused-ring (bicyclic) bond motifs is 1. The summed E-state index contributed by atoms with van der Waals surface area (Å²) < 4.78 is 1.28. The Morgan fingerprint density at radius 1 is 1.32 bits per heavy atom. The molecule has 0 bridgehead atoms. The van der Waals surface area contributed by atoms with Gasteiger partial charge in [0.25, 0.3) is 5.56 Å². The van der Waals surface area contributed by atoms with Gasteiger partial charge in [-0.25, -0.2) is 0 Å². The van der Waals surface area contributed by atoms with E-state index in [4.69, 9.17) is 5.73 Å². The predicted molar refractivity (Wildman–Crippen MR) is 73.2 cm³/mol. The Morgan fingerprint density at radius 3 is 3.00 bits per heavy atom. The van der Waals surface area contributed by atoms with Crippen molar-refractivity contribution in [1.29, 1.82) is 0 Å². The first-order valence-electron chi connectivity index (χ1n) is 5.77. The van der Waals surface area contributed by atoms with Gasteiger partial charge in [0.15, 0.2) is 0 Å². The molecule has 0 aliphatic rings. The first-order chi connectivity index (χ1) is 9.22. The molecule has 2 N–H and O–H groups in total. The molecule has 0 radical (unpaired) electrons. The van der Waals surface area contributed by atoms with Crippen LogP contribution < -0.4 is 11.3 Å². The number of rotatable bonds is 3. The zero-order valence-electron chi connectivity index (χ0n) is 9.98. The molecule has 2 heterocycles. The van der Waals surface area contributed by atoms with E-state index in [1.165, 1.54) is 15.9 Å². The summed E-state index contributed by atoms with van der Waals surface area (Å²) in [7, 11) is 0. The summed E-state index contributed by atoms with van der Waals surface area (Å²) in [6, 6.07) is 7.75. The van der Waals surface area contributed by atoms with Crippen molar-refractivity contribution in [3.05, 3.63) is 51.4 Å². The van der Waals surface area contributed by atoms with Crippen LogP contribution in [0.3, 0.4) is 0 Å². The van der Waals surface area contributed by atoms with Gasteiger partial charge >= 0.3 is 0 Å². The SMILES string of the molecule is Nc1cccc(CCc2nn3c(=O)cnnc3s2)c1. The Labute approximate surface area is 112 Å². The minimum atomic E-state index is -0.253. The lowest BCUT2D eigenvalue weighted by Gasteiger charge is -1.99. The number of aryl methyl sites for hydroxylation is 2. The summed E-state index contributed by atoms with van der Waals surface area (Å²) in [5.41, 5.74) is 7.38. The maximum atomic E-state index is 11.5. The van der Waals surface area contributed by atoms with Crippen molar-refractivity contribution in [3.8, 4) is 0 Å². The number of benzene rings is 1. The molecule has 0 unspecified atom stereocenters. The maximum absolute atomic E-state index is 11.5. The van der Waals surface area contributed by atoms with E-state index in [1.807, 2.05) is 24.3 Å². The third-order valence-corrected chi connectivity index (χ3v) is 3.66.